The minimum atomic E-state index is 0.541. The molecule has 0 amide bonds. The van der Waals surface area contributed by atoms with Gasteiger partial charge in [-0.05, 0) is 45.2 Å². The zero-order chi connectivity index (χ0) is 15.1. The van der Waals surface area contributed by atoms with Crippen molar-refractivity contribution in [2.75, 3.05) is 31.6 Å². The summed E-state index contributed by atoms with van der Waals surface area (Å²) in [6, 6.07) is 0. The maximum Gasteiger partial charge on any atom is 0.244 e. The largest absolute Gasteiger partial charge is 0.339 e. The van der Waals surface area contributed by atoms with Crippen LogP contribution < -0.4 is 10.2 Å². The number of rotatable bonds is 8. The molecule has 1 atom stereocenters. The van der Waals surface area contributed by atoms with Crippen molar-refractivity contribution in [1.29, 1.82) is 0 Å². The highest BCUT2D eigenvalue weighted by molar-refractivity contribution is 5.30. The fourth-order valence-electron chi connectivity index (χ4n) is 3.41. The summed E-state index contributed by atoms with van der Waals surface area (Å²) < 4.78 is 0. The van der Waals surface area contributed by atoms with Gasteiger partial charge in [0.1, 0.15) is 5.82 Å². The Morgan fingerprint density at radius 2 is 2.10 bits per heavy atom. The molecule has 2 rings (SSSR count). The summed E-state index contributed by atoms with van der Waals surface area (Å²) in [5.74, 6) is 3.25. The van der Waals surface area contributed by atoms with Crippen molar-refractivity contribution in [3.8, 4) is 0 Å². The molecular weight excluding hydrogens is 262 g/mol. The molecule has 1 aromatic heterocycles. The maximum atomic E-state index is 4.80. The Balaban J connectivity index is 2.00. The Bertz CT molecular complexity index is 395. The third-order valence-electron chi connectivity index (χ3n) is 4.45. The molecule has 1 fully saturated rings. The van der Waals surface area contributed by atoms with Crippen LogP contribution in [0.4, 0.5) is 5.95 Å². The molecule has 2 N–H and O–H groups in total. The van der Waals surface area contributed by atoms with Crippen LogP contribution in [0.2, 0.25) is 0 Å². The quantitative estimate of drug-likeness (QED) is 0.774. The zero-order valence-corrected chi connectivity index (χ0v) is 13.9. The predicted octanol–water partition coefficient (Wildman–Crippen LogP) is 2.92. The summed E-state index contributed by atoms with van der Waals surface area (Å²) in [7, 11) is 2.03. The van der Waals surface area contributed by atoms with Crippen LogP contribution in [-0.2, 0) is 0 Å². The van der Waals surface area contributed by atoms with Gasteiger partial charge in [0.15, 0.2) is 0 Å². The van der Waals surface area contributed by atoms with Gasteiger partial charge in [-0.25, -0.2) is 0 Å². The minimum Gasteiger partial charge on any atom is -0.339 e. The first-order valence-electron chi connectivity index (χ1n) is 8.60. The number of hydrogen-bond donors (Lipinski definition) is 2. The second kappa shape index (κ2) is 8.37. The molecule has 5 nitrogen and oxygen atoms in total. The Labute approximate surface area is 128 Å². The number of nitrogens with one attached hydrogen (secondary N) is 2. The molecule has 0 bridgehead atoms. The highest BCUT2D eigenvalue weighted by Crippen LogP contribution is 2.26. The van der Waals surface area contributed by atoms with E-state index < -0.39 is 0 Å². The van der Waals surface area contributed by atoms with Gasteiger partial charge in [0.2, 0.25) is 5.95 Å². The van der Waals surface area contributed by atoms with E-state index in [-0.39, 0.29) is 0 Å². The molecule has 0 aromatic carbocycles. The van der Waals surface area contributed by atoms with Crippen LogP contribution in [0.5, 0.6) is 0 Å². The van der Waals surface area contributed by atoms with Crippen LogP contribution in [0.3, 0.4) is 0 Å². The van der Waals surface area contributed by atoms with E-state index in [1.807, 2.05) is 7.05 Å². The van der Waals surface area contributed by atoms with Crippen molar-refractivity contribution in [3.63, 3.8) is 0 Å². The fraction of sp³-hybridized carbons (Fsp3) is 0.875. The monoisotopic (exact) mass is 293 g/mol. The highest BCUT2D eigenvalue weighted by Gasteiger charge is 2.23. The first-order chi connectivity index (χ1) is 10.3. The molecule has 0 radical (unpaired) electrons. The van der Waals surface area contributed by atoms with Crippen molar-refractivity contribution < 1.29 is 0 Å². The van der Waals surface area contributed by atoms with Gasteiger partial charge < -0.3 is 10.2 Å². The Hall–Kier alpha value is -1.10. The molecule has 1 unspecified atom stereocenters. The topological polar surface area (TPSA) is 56.8 Å². The van der Waals surface area contributed by atoms with E-state index in [9.17, 15) is 0 Å². The van der Waals surface area contributed by atoms with E-state index in [4.69, 9.17) is 4.98 Å². The Kier molecular flexibility index (Phi) is 6.49. The molecular formula is C16H31N5. The lowest BCUT2D eigenvalue weighted by Gasteiger charge is -2.31. The molecule has 1 aliphatic heterocycles. The maximum absolute atomic E-state index is 4.80. The summed E-state index contributed by atoms with van der Waals surface area (Å²) in [5.41, 5.74) is 0. The number of hydrogen-bond acceptors (Lipinski definition) is 4. The van der Waals surface area contributed by atoms with Crippen molar-refractivity contribution in [2.45, 2.75) is 58.3 Å². The molecule has 21 heavy (non-hydrogen) atoms. The lowest BCUT2D eigenvalue weighted by atomic mass is 9.97. The van der Waals surface area contributed by atoms with E-state index in [0.29, 0.717) is 11.8 Å². The number of nitrogens with zero attached hydrogens (tertiary/aromatic N) is 3. The second-order valence-electron chi connectivity index (χ2n) is 6.31. The van der Waals surface area contributed by atoms with Crippen molar-refractivity contribution >= 4 is 5.95 Å². The number of aromatic nitrogens is 3. The minimum absolute atomic E-state index is 0.541. The van der Waals surface area contributed by atoms with E-state index in [1.165, 1.54) is 38.5 Å². The van der Waals surface area contributed by atoms with Gasteiger partial charge >= 0.3 is 0 Å². The van der Waals surface area contributed by atoms with E-state index in [2.05, 4.69) is 34.3 Å². The molecule has 1 saturated heterocycles. The first kappa shape index (κ1) is 16.3. The molecule has 1 aliphatic rings. The molecule has 5 heteroatoms. The van der Waals surface area contributed by atoms with Crippen molar-refractivity contribution in [1.82, 2.24) is 20.5 Å². The van der Waals surface area contributed by atoms with Crippen LogP contribution in [0.15, 0.2) is 0 Å². The average Bonchev–Trinajstić information content (AvgIpc) is 2.97. The van der Waals surface area contributed by atoms with E-state index >= 15 is 0 Å². The van der Waals surface area contributed by atoms with Crippen LogP contribution in [-0.4, -0.2) is 41.9 Å². The van der Waals surface area contributed by atoms with Crippen molar-refractivity contribution in [3.05, 3.63) is 5.82 Å². The van der Waals surface area contributed by atoms with Gasteiger partial charge in [0, 0.05) is 19.0 Å². The fourth-order valence-corrected chi connectivity index (χ4v) is 3.41. The van der Waals surface area contributed by atoms with Crippen molar-refractivity contribution in [2.24, 2.45) is 5.92 Å². The van der Waals surface area contributed by atoms with Crippen LogP contribution in [0.1, 0.15) is 64.1 Å². The average molecular weight is 293 g/mol. The summed E-state index contributed by atoms with van der Waals surface area (Å²) in [6.45, 7) is 7.73. The SMILES string of the molecule is CCCC(CCC)c1nc(N2CCCC(CNC)C2)n[nH]1. The Morgan fingerprint density at radius 3 is 2.76 bits per heavy atom. The zero-order valence-electron chi connectivity index (χ0n) is 13.9. The molecule has 2 heterocycles. The lowest BCUT2D eigenvalue weighted by Crippen LogP contribution is -2.39. The van der Waals surface area contributed by atoms with Gasteiger partial charge in [0.25, 0.3) is 0 Å². The van der Waals surface area contributed by atoms with Gasteiger partial charge in [-0.2, -0.15) is 4.98 Å². The normalized spacial score (nSPS) is 19.4. The third kappa shape index (κ3) is 4.43. The third-order valence-corrected chi connectivity index (χ3v) is 4.45. The summed E-state index contributed by atoms with van der Waals surface area (Å²) in [5, 5.41) is 11.0. The van der Waals surface area contributed by atoms with Gasteiger partial charge in [-0.3, -0.25) is 5.10 Å². The smallest absolute Gasteiger partial charge is 0.244 e. The van der Waals surface area contributed by atoms with Gasteiger partial charge in [-0.1, -0.05) is 26.7 Å². The summed E-state index contributed by atoms with van der Waals surface area (Å²) >= 11 is 0. The van der Waals surface area contributed by atoms with Crippen LogP contribution >= 0.6 is 0 Å². The highest BCUT2D eigenvalue weighted by atomic mass is 15.4. The van der Waals surface area contributed by atoms with E-state index in [0.717, 1.165) is 31.4 Å². The first-order valence-corrected chi connectivity index (χ1v) is 8.60. The Morgan fingerprint density at radius 1 is 1.33 bits per heavy atom. The van der Waals surface area contributed by atoms with Crippen LogP contribution in [0.25, 0.3) is 0 Å². The van der Waals surface area contributed by atoms with E-state index in [1.54, 1.807) is 0 Å². The second-order valence-corrected chi connectivity index (χ2v) is 6.31. The van der Waals surface area contributed by atoms with Crippen LogP contribution in [0, 0.1) is 5.92 Å². The summed E-state index contributed by atoms with van der Waals surface area (Å²) in [4.78, 5) is 7.15. The predicted molar refractivity (Wildman–Crippen MR) is 87.8 cm³/mol. The number of anilines is 1. The standard InChI is InChI=1S/C16H31N5/c1-4-7-14(8-5-2)15-18-16(20-19-15)21-10-6-9-13(12-21)11-17-3/h13-14,17H,4-12H2,1-3H3,(H,18,19,20). The molecule has 0 aliphatic carbocycles. The van der Waals surface area contributed by atoms with Gasteiger partial charge in [0.05, 0.1) is 0 Å². The number of aromatic amines is 1. The summed E-state index contributed by atoms with van der Waals surface area (Å²) in [6.07, 6.45) is 7.35. The number of H-pyrrole nitrogens is 1. The van der Waals surface area contributed by atoms with Gasteiger partial charge in [-0.15, -0.1) is 5.10 Å². The lowest BCUT2D eigenvalue weighted by molar-refractivity contribution is 0.399. The number of piperidine rings is 1. The molecule has 1 aromatic rings. The molecule has 120 valence electrons. The molecule has 0 spiro atoms. The molecule has 0 saturated carbocycles.